The van der Waals surface area contributed by atoms with E-state index in [1.54, 1.807) is 16.8 Å². The van der Waals surface area contributed by atoms with Crippen molar-refractivity contribution in [3.63, 3.8) is 0 Å². The van der Waals surface area contributed by atoms with Crippen molar-refractivity contribution >= 4 is 50.7 Å². The van der Waals surface area contributed by atoms with Crippen LogP contribution in [0.4, 0.5) is 22.7 Å². The molecule has 3 aromatic heterocycles. The first-order valence-electron chi connectivity index (χ1n) is 20.1. The van der Waals surface area contributed by atoms with Crippen molar-refractivity contribution in [2.24, 2.45) is 0 Å². The highest BCUT2D eigenvalue weighted by Crippen LogP contribution is 2.40. The Hall–Kier alpha value is -5.84. The van der Waals surface area contributed by atoms with Gasteiger partial charge in [0.2, 0.25) is 11.4 Å². The lowest BCUT2D eigenvalue weighted by molar-refractivity contribution is 0.477. The molecule has 0 aliphatic carbocycles. The molecule has 6 nitrogen and oxygen atoms in total. The maximum atomic E-state index is 8.83. The first-order valence-corrected chi connectivity index (χ1v) is 16.6. The van der Waals surface area contributed by atoms with Crippen LogP contribution in [0.1, 0.15) is 67.8 Å². The predicted octanol–water partition coefficient (Wildman–Crippen LogP) is 11.1. The van der Waals surface area contributed by atoms with Crippen molar-refractivity contribution in [2.45, 2.75) is 59.2 Å². The number of ether oxygens (including phenoxy) is 1. The number of fused-ring (bicyclic) bond motifs is 4. The van der Waals surface area contributed by atoms with Crippen molar-refractivity contribution < 1.29 is 14.3 Å². The molecule has 0 N–H and O–H groups in total. The SMILES string of the molecule is [2H]c1c([2H])c(C([2H])([2H])[2H])c([2H])c([2H])c1[N+]1=C=[N+](c2cc(Oc3cnc4c5ccccc5n(-c5cc(C(C)(C)C)ccn5)c4c3)cc(C(C)(C)C)c2)c2ccccc21. The van der Waals surface area contributed by atoms with Crippen LogP contribution in [0.2, 0.25) is 0 Å². The Balaban J connectivity index is 1.29. The summed E-state index contributed by atoms with van der Waals surface area (Å²) in [6.07, 6.45) is 3.56. The highest BCUT2D eigenvalue weighted by Gasteiger charge is 2.37. The maximum absolute atomic E-state index is 8.83. The van der Waals surface area contributed by atoms with E-state index in [-0.39, 0.29) is 16.5 Å². The summed E-state index contributed by atoms with van der Waals surface area (Å²) in [4.78, 5) is 9.71. The number of nitrogens with zero attached hydrogens (tertiary/aromatic N) is 5. The summed E-state index contributed by atoms with van der Waals surface area (Å²) in [7, 11) is 0. The standard InChI is InChI=1S/C44H41N5O/c1-29-16-18-32(19-17-29)47-28-48(39-15-11-10-14-38(39)47)33-22-31(44(5,6)7)23-34(25-33)50-35-26-40-42(46-27-35)36-12-8-9-13-37(36)49(40)41-24-30(20-21-45-41)43(2,3)4/h8-27H,1-7H3/q+2/i1D3,16D,17D,18D,19D. The Morgan fingerprint density at radius 2 is 1.40 bits per heavy atom. The number of benzene rings is 4. The van der Waals surface area contributed by atoms with E-state index in [2.05, 4.69) is 70.3 Å². The monoisotopic (exact) mass is 662 g/mol. The van der Waals surface area contributed by atoms with Gasteiger partial charge >= 0.3 is 6.01 Å². The van der Waals surface area contributed by atoms with E-state index in [4.69, 9.17) is 24.3 Å². The molecule has 0 bridgehead atoms. The molecular formula is C44H41N5O+2. The van der Waals surface area contributed by atoms with E-state index in [1.165, 1.54) is 4.58 Å². The number of pyridine rings is 2. The molecule has 0 unspecified atom stereocenters. The Kier molecular flexibility index (Phi) is 5.66. The van der Waals surface area contributed by atoms with Crippen LogP contribution < -0.4 is 13.9 Å². The van der Waals surface area contributed by atoms with Crippen molar-refractivity contribution in [1.82, 2.24) is 23.7 Å². The van der Waals surface area contributed by atoms with Crippen LogP contribution in [0.5, 0.6) is 11.5 Å². The number of para-hydroxylation sites is 3. The second-order valence-corrected chi connectivity index (χ2v) is 14.6. The van der Waals surface area contributed by atoms with Crippen LogP contribution in [0.15, 0.2) is 121 Å². The zero-order valence-electron chi connectivity index (χ0n) is 35.9. The quantitative estimate of drug-likeness (QED) is 0.172. The zero-order chi connectivity index (χ0) is 40.8. The van der Waals surface area contributed by atoms with Gasteiger partial charge in [0.05, 0.1) is 34.3 Å². The molecule has 4 heterocycles. The lowest BCUT2D eigenvalue weighted by Gasteiger charge is -2.20. The lowest BCUT2D eigenvalue weighted by atomic mass is 9.86. The fraction of sp³-hybridized carbons (Fsp3) is 0.205. The van der Waals surface area contributed by atoms with E-state index in [0.29, 0.717) is 28.6 Å². The van der Waals surface area contributed by atoms with Crippen LogP contribution in [-0.2, 0) is 10.8 Å². The van der Waals surface area contributed by atoms with Gasteiger partial charge in [-0.05, 0) is 62.2 Å². The summed E-state index contributed by atoms with van der Waals surface area (Å²) in [5.74, 6) is 1.84. The van der Waals surface area contributed by atoms with E-state index in [9.17, 15) is 0 Å². The first-order chi connectivity index (χ1) is 26.8. The van der Waals surface area contributed by atoms with Gasteiger partial charge in [-0.1, -0.05) is 89.5 Å². The molecule has 6 heteroatoms. The van der Waals surface area contributed by atoms with Crippen LogP contribution in [0.25, 0.3) is 27.8 Å². The fourth-order valence-corrected chi connectivity index (χ4v) is 6.30. The van der Waals surface area contributed by atoms with Gasteiger partial charge in [0.25, 0.3) is 11.4 Å². The molecule has 0 saturated heterocycles. The average Bonchev–Trinajstić information content (AvgIpc) is 3.69. The normalized spacial score (nSPS) is 15.3. The molecule has 0 fully saturated rings. The minimum Gasteiger partial charge on any atom is -0.455 e. The third kappa shape index (κ3) is 5.58. The summed E-state index contributed by atoms with van der Waals surface area (Å²) in [6.45, 7) is 10.0. The minimum absolute atomic E-state index is 0.0765. The minimum atomic E-state index is -2.82. The molecule has 0 atom stereocenters. The average molecular weight is 663 g/mol. The topological polar surface area (TPSA) is 46.0 Å². The third-order valence-electron chi connectivity index (χ3n) is 8.97. The number of rotatable bonds is 5. The second kappa shape index (κ2) is 11.6. The van der Waals surface area contributed by atoms with Gasteiger partial charge in [0.1, 0.15) is 17.3 Å². The first kappa shape index (κ1) is 24.3. The zero-order valence-corrected chi connectivity index (χ0v) is 28.9. The van der Waals surface area contributed by atoms with E-state index >= 15 is 0 Å². The predicted molar refractivity (Wildman–Crippen MR) is 206 cm³/mol. The smallest absolute Gasteiger partial charge is 0.455 e. The molecule has 0 amide bonds. The van der Waals surface area contributed by atoms with Gasteiger partial charge < -0.3 is 4.74 Å². The van der Waals surface area contributed by atoms with E-state index < -0.39 is 36.6 Å². The van der Waals surface area contributed by atoms with Crippen LogP contribution in [0.3, 0.4) is 0 Å². The molecule has 1 aliphatic heterocycles. The van der Waals surface area contributed by atoms with E-state index in [1.807, 2.05) is 66.9 Å². The molecule has 246 valence electrons. The van der Waals surface area contributed by atoms with E-state index in [0.717, 1.165) is 38.9 Å². The molecule has 7 aromatic rings. The van der Waals surface area contributed by atoms with Crippen molar-refractivity contribution in [3.05, 3.63) is 138 Å². The van der Waals surface area contributed by atoms with Gasteiger partial charge in [-0.15, -0.1) is 0 Å². The second-order valence-electron chi connectivity index (χ2n) is 14.6. The van der Waals surface area contributed by atoms with Gasteiger partial charge in [0.15, 0.2) is 0 Å². The Morgan fingerprint density at radius 3 is 2.12 bits per heavy atom. The largest absolute Gasteiger partial charge is 0.503 e. The van der Waals surface area contributed by atoms with Crippen molar-refractivity contribution in [1.29, 1.82) is 0 Å². The third-order valence-corrected chi connectivity index (χ3v) is 8.97. The fourth-order valence-electron chi connectivity index (χ4n) is 6.30. The Bertz CT molecular complexity index is 2850. The number of hydrogen-bond donors (Lipinski definition) is 0. The molecular weight excluding hydrogens is 615 g/mol. The van der Waals surface area contributed by atoms with Crippen molar-refractivity contribution in [3.8, 4) is 17.3 Å². The van der Waals surface area contributed by atoms with Gasteiger partial charge in [0, 0.05) is 52.0 Å². The Morgan fingerprint density at radius 1 is 0.700 bits per heavy atom. The summed E-state index contributed by atoms with van der Waals surface area (Å²) in [5, 5.41) is 0.997. The van der Waals surface area contributed by atoms with Gasteiger partial charge in [-0.3, -0.25) is 9.55 Å². The summed E-state index contributed by atoms with van der Waals surface area (Å²) in [5.41, 5.74) is 5.56. The summed E-state index contributed by atoms with van der Waals surface area (Å²) in [6, 6.07) is 28.6. The summed E-state index contributed by atoms with van der Waals surface area (Å²) >= 11 is 0. The Labute approximate surface area is 303 Å². The number of hydrogen-bond acceptors (Lipinski definition) is 3. The molecule has 50 heavy (non-hydrogen) atoms. The molecule has 4 aromatic carbocycles. The van der Waals surface area contributed by atoms with Crippen molar-refractivity contribution in [2.75, 3.05) is 0 Å². The van der Waals surface area contributed by atoms with Crippen LogP contribution in [-0.4, -0.2) is 20.5 Å². The maximum Gasteiger partial charge on any atom is 0.503 e. The lowest BCUT2D eigenvalue weighted by Crippen LogP contribution is -2.12. The highest BCUT2D eigenvalue weighted by atomic mass is 16.5. The highest BCUT2D eigenvalue weighted by molar-refractivity contribution is 6.07. The molecule has 0 radical (unpaired) electrons. The van der Waals surface area contributed by atoms with Crippen LogP contribution in [0, 0.1) is 6.85 Å². The van der Waals surface area contributed by atoms with Gasteiger partial charge in [-0.25, -0.2) is 4.98 Å². The molecule has 8 rings (SSSR count). The molecule has 0 spiro atoms. The molecule has 1 aliphatic rings. The number of aromatic nitrogens is 3. The van der Waals surface area contributed by atoms with Gasteiger partial charge in [-0.2, -0.15) is 0 Å². The van der Waals surface area contributed by atoms with Crippen LogP contribution >= 0.6 is 0 Å². The summed E-state index contributed by atoms with van der Waals surface area (Å²) < 4.78 is 70.4. The molecule has 0 saturated carbocycles.